The Balaban J connectivity index is 2.03. The number of hydrogen-bond acceptors (Lipinski definition) is 4. The normalized spacial score (nSPS) is 21.0. The second-order valence-electron chi connectivity index (χ2n) is 3.77. The largest absolute Gasteiger partial charge is 0.314 e. The summed E-state index contributed by atoms with van der Waals surface area (Å²) in [6.07, 6.45) is 1.97. The quantitative estimate of drug-likeness (QED) is 0.802. The smallest absolute Gasteiger partial charge is 0.110 e. The molecular formula is C10H17N3S. The van der Waals surface area contributed by atoms with Crippen molar-refractivity contribution < 1.29 is 0 Å². The molecule has 3 nitrogen and oxygen atoms in total. The minimum Gasteiger partial charge on any atom is -0.314 e. The van der Waals surface area contributed by atoms with Crippen molar-refractivity contribution in [2.24, 2.45) is 0 Å². The number of thiazole rings is 1. The lowest BCUT2D eigenvalue weighted by Gasteiger charge is -2.31. The van der Waals surface area contributed by atoms with Crippen LogP contribution in [0.3, 0.4) is 0 Å². The maximum atomic E-state index is 4.45. The molecule has 0 aliphatic carbocycles. The number of rotatable bonds is 2. The fourth-order valence-corrected chi connectivity index (χ4v) is 2.65. The molecule has 1 fully saturated rings. The Hall–Kier alpha value is -0.450. The first kappa shape index (κ1) is 10.1. The van der Waals surface area contributed by atoms with Gasteiger partial charge in [0.1, 0.15) is 5.01 Å². The molecule has 78 valence electrons. The second-order valence-corrected chi connectivity index (χ2v) is 5.04. The van der Waals surface area contributed by atoms with Crippen LogP contribution >= 0.6 is 11.3 Å². The third-order valence-corrected chi connectivity index (χ3v) is 3.78. The van der Waals surface area contributed by atoms with E-state index in [9.17, 15) is 0 Å². The van der Waals surface area contributed by atoms with Crippen LogP contribution in [0.25, 0.3) is 0 Å². The molecule has 0 saturated carbocycles. The summed E-state index contributed by atoms with van der Waals surface area (Å²) >= 11 is 1.82. The zero-order chi connectivity index (χ0) is 9.97. The van der Waals surface area contributed by atoms with Crippen molar-refractivity contribution in [3.63, 3.8) is 0 Å². The van der Waals surface area contributed by atoms with Crippen LogP contribution in [0.4, 0.5) is 0 Å². The van der Waals surface area contributed by atoms with E-state index in [1.165, 1.54) is 9.88 Å². The average molecular weight is 211 g/mol. The minimum absolute atomic E-state index is 0.482. The summed E-state index contributed by atoms with van der Waals surface area (Å²) in [5.74, 6) is 0. The van der Waals surface area contributed by atoms with Crippen molar-refractivity contribution in [3.8, 4) is 0 Å². The number of piperazine rings is 1. The van der Waals surface area contributed by atoms with E-state index in [4.69, 9.17) is 0 Å². The SMILES string of the molecule is Cc1cnc([C@H](C)N2CCNCC2)s1. The molecular weight excluding hydrogens is 194 g/mol. The summed E-state index contributed by atoms with van der Waals surface area (Å²) < 4.78 is 0. The molecule has 2 rings (SSSR count). The molecule has 0 spiro atoms. The third-order valence-electron chi connectivity index (χ3n) is 2.70. The van der Waals surface area contributed by atoms with Crippen LogP contribution in [-0.2, 0) is 0 Å². The second kappa shape index (κ2) is 4.38. The highest BCUT2D eigenvalue weighted by molar-refractivity contribution is 7.11. The number of aromatic nitrogens is 1. The monoisotopic (exact) mass is 211 g/mol. The van der Waals surface area contributed by atoms with E-state index in [-0.39, 0.29) is 0 Å². The molecule has 0 bridgehead atoms. The van der Waals surface area contributed by atoms with Crippen molar-refractivity contribution >= 4 is 11.3 Å². The van der Waals surface area contributed by atoms with Gasteiger partial charge in [-0.1, -0.05) is 0 Å². The van der Waals surface area contributed by atoms with Gasteiger partial charge < -0.3 is 5.32 Å². The van der Waals surface area contributed by atoms with Crippen LogP contribution in [0.15, 0.2) is 6.20 Å². The molecule has 0 unspecified atom stereocenters. The van der Waals surface area contributed by atoms with Crippen LogP contribution in [0.2, 0.25) is 0 Å². The van der Waals surface area contributed by atoms with Crippen molar-refractivity contribution in [1.82, 2.24) is 15.2 Å². The summed E-state index contributed by atoms with van der Waals surface area (Å²) in [7, 11) is 0. The standard InChI is InChI=1S/C10H17N3S/c1-8-7-12-10(14-8)9(2)13-5-3-11-4-6-13/h7,9,11H,3-6H2,1-2H3/t9-/m0/s1. The predicted molar refractivity (Wildman–Crippen MR) is 59.7 cm³/mol. The van der Waals surface area contributed by atoms with Gasteiger partial charge in [0.25, 0.3) is 0 Å². The van der Waals surface area contributed by atoms with Crippen molar-refractivity contribution in [2.45, 2.75) is 19.9 Å². The number of aryl methyl sites for hydroxylation is 1. The van der Waals surface area contributed by atoms with Gasteiger partial charge in [0.2, 0.25) is 0 Å². The van der Waals surface area contributed by atoms with Crippen molar-refractivity contribution in [1.29, 1.82) is 0 Å². The van der Waals surface area contributed by atoms with Crippen LogP contribution in [0.5, 0.6) is 0 Å². The Labute approximate surface area is 89.1 Å². The molecule has 1 aromatic heterocycles. The maximum Gasteiger partial charge on any atom is 0.110 e. The minimum atomic E-state index is 0.482. The van der Waals surface area contributed by atoms with Gasteiger partial charge in [-0.2, -0.15) is 0 Å². The van der Waals surface area contributed by atoms with E-state index in [1.807, 2.05) is 17.5 Å². The topological polar surface area (TPSA) is 28.2 Å². The lowest BCUT2D eigenvalue weighted by atomic mass is 10.2. The molecule has 14 heavy (non-hydrogen) atoms. The maximum absolute atomic E-state index is 4.45. The summed E-state index contributed by atoms with van der Waals surface area (Å²) in [6, 6.07) is 0.482. The molecule has 1 saturated heterocycles. The van der Waals surface area contributed by atoms with Gasteiger partial charge in [0.15, 0.2) is 0 Å². The van der Waals surface area contributed by atoms with Gasteiger partial charge >= 0.3 is 0 Å². The highest BCUT2D eigenvalue weighted by atomic mass is 32.1. The van der Waals surface area contributed by atoms with Crippen LogP contribution in [-0.4, -0.2) is 36.1 Å². The Kier molecular flexibility index (Phi) is 3.15. The van der Waals surface area contributed by atoms with Gasteiger partial charge in [-0.15, -0.1) is 11.3 Å². The van der Waals surface area contributed by atoms with E-state index in [0.29, 0.717) is 6.04 Å². The summed E-state index contributed by atoms with van der Waals surface area (Å²) in [5.41, 5.74) is 0. The zero-order valence-corrected chi connectivity index (χ0v) is 9.60. The summed E-state index contributed by atoms with van der Waals surface area (Å²) in [4.78, 5) is 8.25. The molecule has 0 amide bonds. The van der Waals surface area contributed by atoms with E-state index in [0.717, 1.165) is 26.2 Å². The van der Waals surface area contributed by atoms with Crippen LogP contribution in [0, 0.1) is 6.92 Å². The van der Waals surface area contributed by atoms with E-state index in [2.05, 4.69) is 29.0 Å². The van der Waals surface area contributed by atoms with Gasteiger partial charge in [0, 0.05) is 37.3 Å². The summed E-state index contributed by atoms with van der Waals surface area (Å²) in [6.45, 7) is 8.86. The molecule has 4 heteroatoms. The van der Waals surface area contributed by atoms with E-state index in [1.54, 1.807) is 0 Å². The average Bonchev–Trinajstić information content (AvgIpc) is 2.65. The molecule has 0 radical (unpaired) electrons. The number of nitrogens with one attached hydrogen (secondary N) is 1. The van der Waals surface area contributed by atoms with Gasteiger partial charge in [0.05, 0.1) is 6.04 Å². The first-order valence-corrected chi connectivity index (χ1v) is 5.96. The highest BCUT2D eigenvalue weighted by Crippen LogP contribution is 2.24. The van der Waals surface area contributed by atoms with Crippen molar-refractivity contribution in [3.05, 3.63) is 16.1 Å². The zero-order valence-electron chi connectivity index (χ0n) is 8.79. The van der Waals surface area contributed by atoms with Gasteiger partial charge in [-0.05, 0) is 13.8 Å². The Morgan fingerprint density at radius 2 is 2.21 bits per heavy atom. The molecule has 1 N–H and O–H groups in total. The first-order chi connectivity index (χ1) is 6.77. The fourth-order valence-electron chi connectivity index (χ4n) is 1.79. The lowest BCUT2D eigenvalue weighted by Crippen LogP contribution is -2.44. The Morgan fingerprint density at radius 1 is 1.50 bits per heavy atom. The summed E-state index contributed by atoms with van der Waals surface area (Å²) in [5, 5.41) is 4.62. The fraction of sp³-hybridized carbons (Fsp3) is 0.700. The van der Waals surface area contributed by atoms with Crippen LogP contribution in [0.1, 0.15) is 22.9 Å². The highest BCUT2D eigenvalue weighted by Gasteiger charge is 2.19. The molecule has 2 heterocycles. The molecule has 1 atom stereocenters. The Morgan fingerprint density at radius 3 is 2.79 bits per heavy atom. The van der Waals surface area contributed by atoms with E-state index < -0.39 is 0 Å². The number of nitrogens with zero attached hydrogens (tertiary/aromatic N) is 2. The molecule has 1 aromatic rings. The molecule has 0 aromatic carbocycles. The van der Waals surface area contributed by atoms with Crippen molar-refractivity contribution in [2.75, 3.05) is 26.2 Å². The lowest BCUT2D eigenvalue weighted by molar-refractivity contribution is 0.185. The predicted octanol–water partition coefficient (Wildman–Crippen LogP) is 1.42. The van der Waals surface area contributed by atoms with E-state index >= 15 is 0 Å². The van der Waals surface area contributed by atoms with Crippen LogP contribution < -0.4 is 5.32 Å². The number of hydrogen-bond donors (Lipinski definition) is 1. The molecule has 1 aliphatic rings. The van der Waals surface area contributed by atoms with Gasteiger partial charge in [-0.3, -0.25) is 4.90 Å². The third kappa shape index (κ3) is 2.13. The molecule has 1 aliphatic heterocycles. The first-order valence-electron chi connectivity index (χ1n) is 5.14. The Bertz CT molecular complexity index is 291. The van der Waals surface area contributed by atoms with Gasteiger partial charge in [-0.25, -0.2) is 4.98 Å².